The predicted octanol–water partition coefficient (Wildman–Crippen LogP) is 3.76. The van der Waals surface area contributed by atoms with Crippen LogP contribution in [-0.4, -0.2) is 32.0 Å². The van der Waals surface area contributed by atoms with Crippen molar-refractivity contribution in [3.63, 3.8) is 0 Å². The number of benzene rings is 1. The van der Waals surface area contributed by atoms with Gasteiger partial charge in [0.05, 0.1) is 29.5 Å². The molecule has 0 radical (unpaired) electrons. The van der Waals surface area contributed by atoms with Gasteiger partial charge in [0.2, 0.25) is 0 Å². The largest absolute Gasteiger partial charge is 0.421 e. The van der Waals surface area contributed by atoms with Crippen molar-refractivity contribution in [3.8, 4) is 34.1 Å². The third kappa shape index (κ3) is 3.39. The van der Waals surface area contributed by atoms with Crippen molar-refractivity contribution < 1.29 is 9.13 Å². The van der Waals surface area contributed by atoms with Crippen molar-refractivity contribution in [2.45, 2.75) is 13.3 Å². The van der Waals surface area contributed by atoms with Gasteiger partial charge >= 0.3 is 6.01 Å². The first kappa shape index (κ1) is 18.9. The molecule has 3 heterocycles. The Labute approximate surface area is 177 Å². The molecule has 0 aliphatic heterocycles. The number of aryl methyl sites for hydroxylation is 1. The number of pyridine rings is 1. The fourth-order valence-electron chi connectivity index (χ4n) is 3.72. The molecule has 3 aromatic heterocycles. The average Bonchev–Trinajstić information content (AvgIpc) is 3.12. The van der Waals surface area contributed by atoms with Crippen LogP contribution in [0.4, 0.5) is 15.8 Å². The summed E-state index contributed by atoms with van der Waals surface area (Å²) in [7, 11) is 1.76. The molecule has 154 valence electrons. The fourth-order valence-corrected chi connectivity index (χ4v) is 3.72. The van der Waals surface area contributed by atoms with Crippen LogP contribution in [0.15, 0.2) is 43.0 Å². The Hall–Kier alpha value is -4.14. The predicted molar refractivity (Wildman–Crippen MR) is 114 cm³/mol. The van der Waals surface area contributed by atoms with Crippen molar-refractivity contribution in [2.24, 2.45) is 0 Å². The number of hydrogen-bond donors (Lipinski definition) is 2. The molecule has 0 saturated carbocycles. The van der Waals surface area contributed by atoms with Crippen LogP contribution in [-0.2, 0) is 6.42 Å². The van der Waals surface area contributed by atoms with E-state index in [1.165, 1.54) is 12.1 Å². The Bertz CT molecular complexity index is 1310. The van der Waals surface area contributed by atoms with Crippen LogP contribution in [0.25, 0.3) is 22.4 Å². The summed E-state index contributed by atoms with van der Waals surface area (Å²) in [6.07, 6.45) is 6.84. The molecule has 9 heteroatoms. The van der Waals surface area contributed by atoms with Crippen molar-refractivity contribution >= 4 is 11.4 Å². The molecular formula is C22H18FN7O. The van der Waals surface area contributed by atoms with Crippen LogP contribution in [0.1, 0.15) is 17.1 Å². The summed E-state index contributed by atoms with van der Waals surface area (Å²) < 4.78 is 20.2. The summed E-state index contributed by atoms with van der Waals surface area (Å²) in [5.74, 6) is 0.704. The second-order valence-corrected chi connectivity index (χ2v) is 7.16. The second-order valence-electron chi connectivity index (χ2n) is 7.16. The van der Waals surface area contributed by atoms with Gasteiger partial charge in [-0.3, -0.25) is 4.98 Å². The van der Waals surface area contributed by atoms with Gasteiger partial charge in [-0.15, -0.1) is 0 Å². The molecule has 0 atom stereocenters. The van der Waals surface area contributed by atoms with Gasteiger partial charge in [-0.1, -0.05) is 0 Å². The van der Waals surface area contributed by atoms with Crippen molar-refractivity contribution in [1.29, 1.82) is 0 Å². The lowest BCUT2D eigenvalue weighted by molar-refractivity contribution is 0.436. The molecule has 31 heavy (non-hydrogen) atoms. The van der Waals surface area contributed by atoms with E-state index in [1.54, 1.807) is 44.8 Å². The highest BCUT2D eigenvalue weighted by Gasteiger charge is 2.29. The molecular weight excluding hydrogens is 397 g/mol. The topological polar surface area (TPSA) is 112 Å². The van der Waals surface area contributed by atoms with Gasteiger partial charge in [0, 0.05) is 42.7 Å². The molecule has 3 N–H and O–H groups in total. The first-order valence-electron chi connectivity index (χ1n) is 9.60. The number of nitrogen functional groups attached to an aromatic ring is 1. The van der Waals surface area contributed by atoms with E-state index in [9.17, 15) is 4.39 Å². The number of fused-ring (bicyclic) bond motifs is 3. The minimum Gasteiger partial charge on any atom is -0.421 e. The van der Waals surface area contributed by atoms with E-state index in [2.05, 4.69) is 30.2 Å². The standard InChI is InChI=1S/C22H18FN7O/c1-11-27-9-15(10-28-11)31-22-29-19-6-16-17(4-13(23)5-18(16)25-2)20(19)21(30-22)12-3-14(24)8-26-7-12/h3-5,7-10,25H,6,24H2,1-2H3. The number of anilines is 2. The maximum atomic E-state index is 14.3. The zero-order chi connectivity index (χ0) is 21.5. The number of nitrogens with one attached hydrogen (secondary N) is 1. The van der Waals surface area contributed by atoms with E-state index in [0.717, 1.165) is 22.4 Å². The maximum Gasteiger partial charge on any atom is 0.322 e. The molecule has 1 aliphatic carbocycles. The Kier molecular flexibility index (Phi) is 4.43. The SMILES string of the molecule is CNc1cc(F)cc2c1Cc1nc(Oc3cnc(C)nc3)nc(-c3cncc(N)c3)c1-2. The average molecular weight is 415 g/mol. The molecule has 0 amide bonds. The molecule has 0 unspecified atom stereocenters. The Balaban J connectivity index is 1.70. The molecule has 5 rings (SSSR count). The third-order valence-corrected chi connectivity index (χ3v) is 5.06. The Morgan fingerprint density at radius 2 is 1.87 bits per heavy atom. The highest BCUT2D eigenvalue weighted by molar-refractivity contribution is 5.90. The number of nitrogens with two attached hydrogens (primary N) is 1. The molecule has 4 aromatic rings. The summed E-state index contributed by atoms with van der Waals surface area (Å²) in [6, 6.07) is 4.89. The maximum absolute atomic E-state index is 14.3. The smallest absolute Gasteiger partial charge is 0.322 e. The first-order chi connectivity index (χ1) is 15.0. The van der Waals surface area contributed by atoms with Crippen molar-refractivity contribution in [1.82, 2.24) is 24.9 Å². The summed E-state index contributed by atoms with van der Waals surface area (Å²) in [5, 5.41) is 3.06. The van der Waals surface area contributed by atoms with E-state index in [0.29, 0.717) is 40.6 Å². The van der Waals surface area contributed by atoms with E-state index < -0.39 is 0 Å². The zero-order valence-electron chi connectivity index (χ0n) is 16.8. The quantitative estimate of drug-likeness (QED) is 0.456. The van der Waals surface area contributed by atoms with E-state index in [4.69, 9.17) is 10.5 Å². The number of halogens is 1. The molecule has 0 spiro atoms. The molecule has 0 bridgehead atoms. The number of ether oxygens (including phenoxy) is 1. The van der Waals surface area contributed by atoms with Crippen LogP contribution in [0.3, 0.4) is 0 Å². The molecule has 0 fully saturated rings. The monoisotopic (exact) mass is 415 g/mol. The zero-order valence-corrected chi connectivity index (χ0v) is 16.8. The van der Waals surface area contributed by atoms with Gasteiger partial charge in [-0.2, -0.15) is 9.97 Å². The van der Waals surface area contributed by atoms with E-state index >= 15 is 0 Å². The van der Waals surface area contributed by atoms with Crippen molar-refractivity contribution in [2.75, 3.05) is 18.1 Å². The molecule has 0 saturated heterocycles. The Morgan fingerprint density at radius 1 is 1.06 bits per heavy atom. The Morgan fingerprint density at radius 3 is 2.61 bits per heavy atom. The van der Waals surface area contributed by atoms with Crippen LogP contribution in [0, 0.1) is 12.7 Å². The van der Waals surface area contributed by atoms with Crippen molar-refractivity contribution in [3.05, 3.63) is 65.9 Å². The minimum atomic E-state index is -0.343. The normalized spacial score (nSPS) is 11.7. The highest BCUT2D eigenvalue weighted by Crippen LogP contribution is 2.45. The van der Waals surface area contributed by atoms with Gasteiger partial charge in [-0.25, -0.2) is 14.4 Å². The van der Waals surface area contributed by atoms with Crippen LogP contribution >= 0.6 is 0 Å². The summed E-state index contributed by atoms with van der Waals surface area (Å²) in [4.78, 5) is 21.7. The van der Waals surface area contributed by atoms with Crippen LogP contribution in [0.2, 0.25) is 0 Å². The lowest BCUT2D eigenvalue weighted by Gasteiger charge is -2.12. The number of aromatic nitrogens is 5. The van der Waals surface area contributed by atoms with Gasteiger partial charge in [0.25, 0.3) is 0 Å². The van der Waals surface area contributed by atoms with Gasteiger partial charge in [-0.05, 0) is 36.2 Å². The van der Waals surface area contributed by atoms with Crippen LogP contribution < -0.4 is 15.8 Å². The fraction of sp³-hybridized carbons (Fsp3) is 0.136. The molecule has 8 nitrogen and oxygen atoms in total. The van der Waals surface area contributed by atoms with Gasteiger partial charge in [0.1, 0.15) is 11.6 Å². The lowest BCUT2D eigenvalue weighted by Crippen LogP contribution is -2.01. The number of nitrogens with zero attached hydrogens (tertiary/aromatic N) is 5. The molecule has 1 aromatic carbocycles. The highest BCUT2D eigenvalue weighted by atomic mass is 19.1. The first-order valence-corrected chi connectivity index (χ1v) is 9.60. The number of rotatable bonds is 4. The summed E-state index contributed by atoms with van der Waals surface area (Å²) >= 11 is 0. The second kappa shape index (κ2) is 7.28. The lowest BCUT2D eigenvalue weighted by atomic mass is 10.0. The number of hydrogen-bond acceptors (Lipinski definition) is 8. The van der Waals surface area contributed by atoms with E-state index in [-0.39, 0.29) is 11.8 Å². The van der Waals surface area contributed by atoms with E-state index in [1.807, 2.05) is 0 Å². The third-order valence-electron chi connectivity index (χ3n) is 5.06. The van der Waals surface area contributed by atoms with Gasteiger partial charge < -0.3 is 15.8 Å². The van der Waals surface area contributed by atoms with Gasteiger partial charge in [0.15, 0.2) is 5.75 Å². The van der Waals surface area contributed by atoms with Crippen LogP contribution in [0.5, 0.6) is 11.8 Å². The summed E-state index contributed by atoms with van der Waals surface area (Å²) in [5.41, 5.74) is 11.6. The molecule has 1 aliphatic rings. The minimum absolute atomic E-state index is 0.142. The summed E-state index contributed by atoms with van der Waals surface area (Å²) in [6.45, 7) is 1.79.